The zero-order chi connectivity index (χ0) is 10.2. The topological polar surface area (TPSA) is 68.4 Å². The van der Waals surface area contributed by atoms with Crippen LogP contribution in [-0.2, 0) is 4.74 Å². The van der Waals surface area contributed by atoms with Gasteiger partial charge in [0.2, 0.25) is 0 Å². The summed E-state index contributed by atoms with van der Waals surface area (Å²) in [4.78, 5) is 4.92. The number of thioether (sulfide) groups is 1. The number of nitrogen functional groups attached to an aromatic ring is 1. The maximum atomic E-state index is 8.47. The maximum absolute atomic E-state index is 8.47. The number of ether oxygens (including phenoxy) is 1. The number of aliphatic hydroxyl groups is 1. The van der Waals surface area contributed by atoms with Gasteiger partial charge in [0, 0.05) is 16.8 Å². The van der Waals surface area contributed by atoms with Crippen molar-refractivity contribution in [2.24, 2.45) is 0 Å². The summed E-state index contributed by atoms with van der Waals surface area (Å²) in [5.74, 6) is 0.828. The molecule has 0 fully saturated rings. The average Bonchev–Trinajstić information content (AvgIpc) is 2.20. The van der Waals surface area contributed by atoms with Crippen molar-refractivity contribution in [3.05, 3.63) is 18.5 Å². The Balaban J connectivity index is 2.21. The molecule has 0 aromatic carbocycles. The number of rotatable bonds is 6. The monoisotopic (exact) mass is 214 g/mol. The van der Waals surface area contributed by atoms with Crippen LogP contribution in [0, 0.1) is 0 Å². The maximum Gasteiger partial charge on any atom is 0.0698 e. The molecular formula is C9H14N2O2S. The molecule has 14 heavy (non-hydrogen) atoms. The first-order chi connectivity index (χ1) is 6.84. The van der Waals surface area contributed by atoms with Crippen LogP contribution < -0.4 is 5.73 Å². The van der Waals surface area contributed by atoms with Crippen LogP contribution in [0.5, 0.6) is 0 Å². The van der Waals surface area contributed by atoms with Gasteiger partial charge in [0.05, 0.1) is 31.7 Å². The molecule has 0 bridgehead atoms. The van der Waals surface area contributed by atoms with E-state index in [-0.39, 0.29) is 6.61 Å². The minimum Gasteiger partial charge on any atom is -0.397 e. The van der Waals surface area contributed by atoms with Gasteiger partial charge in [0.1, 0.15) is 0 Å². The number of aromatic nitrogens is 1. The Hall–Kier alpha value is -0.780. The second-order valence-electron chi connectivity index (χ2n) is 2.60. The summed E-state index contributed by atoms with van der Waals surface area (Å²) in [6.45, 7) is 1.08. The van der Waals surface area contributed by atoms with Crippen molar-refractivity contribution in [1.29, 1.82) is 0 Å². The number of nitrogens with zero attached hydrogens (tertiary/aromatic N) is 1. The van der Waals surface area contributed by atoms with Crippen LogP contribution >= 0.6 is 11.8 Å². The van der Waals surface area contributed by atoms with Crippen molar-refractivity contribution >= 4 is 17.4 Å². The number of hydrogen-bond acceptors (Lipinski definition) is 5. The van der Waals surface area contributed by atoms with Gasteiger partial charge in [-0.05, 0) is 6.07 Å². The van der Waals surface area contributed by atoms with Gasteiger partial charge in [-0.15, -0.1) is 11.8 Å². The zero-order valence-electron chi connectivity index (χ0n) is 7.85. The normalized spacial score (nSPS) is 10.4. The van der Waals surface area contributed by atoms with Crippen molar-refractivity contribution in [3.63, 3.8) is 0 Å². The lowest BCUT2D eigenvalue weighted by Crippen LogP contribution is -2.02. The molecule has 0 amide bonds. The molecule has 0 saturated carbocycles. The number of hydrogen-bond donors (Lipinski definition) is 2. The Kier molecular flexibility index (Phi) is 5.36. The van der Waals surface area contributed by atoms with Crippen molar-refractivity contribution in [1.82, 2.24) is 4.98 Å². The second kappa shape index (κ2) is 6.64. The summed E-state index contributed by atoms with van der Waals surface area (Å²) < 4.78 is 5.12. The van der Waals surface area contributed by atoms with Crippen molar-refractivity contribution in [3.8, 4) is 0 Å². The average molecular weight is 214 g/mol. The van der Waals surface area contributed by atoms with E-state index in [9.17, 15) is 0 Å². The SMILES string of the molecule is Nc1cnccc1SCCOCCO. The first-order valence-corrected chi connectivity index (χ1v) is 5.34. The number of nitrogens with two attached hydrogens (primary N) is 1. The molecular weight excluding hydrogens is 200 g/mol. The highest BCUT2D eigenvalue weighted by molar-refractivity contribution is 7.99. The highest BCUT2D eigenvalue weighted by Gasteiger charge is 1.98. The number of anilines is 1. The third-order valence-corrected chi connectivity index (χ3v) is 2.58. The fourth-order valence-electron chi connectivity index (χ4n) is 0.903. The fourth-order valence-corrected chi connectivity index (χ4v) is 1.70. The van der Waals surface area contributed by atoms with E-state index in [1.807, 2.05) is 6.07 Å². The third-order valence-electron chi connectivity index (χ3n) is 1.53. The standard InChI is InChI=1S/C9H14N2O2S/c10-8-7-11-2-1-9(8)14-6-5-13-4-3-12/h1-2,7,12H,3-6,10H2. The van der Waals surface area contributed by atoms with E-state index in [2.05, 4.69) is 4.98 Å². The Labute approximate surface area is 87.5 Å². The number of aliphatic hydroxyl groups excluding tert-OH is 1. The van der Waals surface area contributed by atoms with Crippen molar-refractivity contribution in [2.75, 3.05) is 31.3 Å². The molecule has 5 heteroatoms. The van der Waals surface area contributed by atoms with Gasteiger partial charge in [-0.2, -0.15) is 0 Å². The van der Waals surface area contributed by atoms with Gasteiger partial charge in [-0.25, -0.2) is 0 Å². The first kappa shape index (κ1) is 11.3. The Morgan fingerprint density at radius 3 is 3.07 bits per heavy atom. The van der Waals surface area contributed by atoms with Gasteiger partial charge in [-0.3, -0.25) is 4.98 Å². The van der Waals surface area contributed by atoms with Crippen LogP contribution in [0.3, 0.4) is 0 Å². The molecule has 0 aliphatic rings. The molecule has 3 N–H and O–H groups in total. The molecule has 1 aromatic rings. The first-order valence-electron chi connectivity index (χ1n) is 4.35. The molecule has 0 aliphatic carbocycles. The molecule has 0 saturated heterocycles. The molecule has 0 unspecified atom stereocenters. The quantitative estimate of drug-likeness (QED) is 0.540. The van der Waals surface area contributed by atoms with Crippen LogP contribution in [0.25, 0.3) is 0 Å². The summed E-state index contributed by atoms with van der Waals surface area (Å²) in [5, 5.41) is 8.47. The Morgan fingerprint density at radius 2 is 2.36 bits per heavy atom. The lowest BCUT2D eigenvalue weighted by molar-refractivity contribution is 0.103. The van der Waals surface area contributed by atoms with E-state index >= 15 is 0 Å². The summed E-state index contributed by atoms with van der Waals surface area (Å²) in [6, 6.07) is 1.88. The van der Waals surface area contributed by atoms with Crippen molar-refractivity contribution in [2.45, 2.75) is 4.90 Å². The van der Waals surface area contributed by atoms with Crippen LogP contribution in [0.1, 0.15) is 0 Å². The predicted molar refractivity (Wildman–Crippen MR) is 57.3 cm³/mol. The van der Waals surface area contributed by atoms with Gasteiger partial charge in [0.15, 0.2) is 0 Å². The lowest BCUT2D eigenvalue weighted by atomic mass is 10.4. The van der Waals surface area contributed by atoms with Crippen LogP contribution in [-0.4, -0.2) is 35.7 Å². The minimum atomic E-state index is 0.0715. The zero-order valence-corrected chi connectivity index (χ0v) is 8.67. The molecule has 1 heterocycles. The molecule has 4 nitrogen and oxygen atoms in total. The van der Waals surface area contributed by atoms with Crippen molar-refractivity contribution < 1.29 is 9.84 Å². The van der Waals surface area contributed by atoms with E-state index < -0.39 is 0 Å². The van der Waals surface area contributed by atoms with E-state index in [4.69, 9.17) is 15.6 Å². The summed E-state index contributed by atoms with van der Waals surface area (Å²) in [6.07, 6.45) is 3.35. The Morgan fingerprint density at radius 1 is 1.50 bits per heavy atom. The van der Waals surface area contributed by atoms with Gasteiger partial charge in [-0.1, -0.05) is 0 Å². The Bertz CT molecular complexity index is 271. The number of pyridine rings is 1. The molecule has 1 rings (SSSR count). The molecule has 0 aliphatic heterocycles. The van der Waals surface area contributed by atoms with E-state index in [1.54, 1.807) is 24.2 Å². The smallest absolute Gasteiger partial charge is 0.0698 e. The van der Waals surface area contributed by atoms with Gasteiger partial charge < -0.3 is 15.6 Å². The van der Waals surface area contributed by atoms with Crippen LogP contribution in [0.4, 0.5) is 5.69 Å². The largest absolute Gasteiger partial charge is 0.397 e. The summed E-state index contributed by atoms with van der Waals surface area (Å²) in [7, 11) is 0. The van der Waals surface area contributed by atoms with E-state index in [0.29, 0.717) is 18.9 Å². The van der Waals surface area contributed by atoms with Crippen LogP contribution in [0.15, 0.2) is 23.4 Å². The second-order valence-corrected chi connectivity index (χ2v) is 3.73. The highest BCUT2D eigenvalue weighted by Crippen LogP contribution is 2.22. The molecule has 0 radical (unpaired) electrons. The predicted octanol–water partition coefficient (Wildman–Crippen LogP) is 0.765. The van der Waals surface area contributed by atoms with Crippen LogP contribution in [0.2, 0.25) is 0 Å². The summed E-state index contributed by atoms with van der Waals surface area (Å²) >= 11 is 1.63. The van der Waals surface area contributed by atoms with E-state index in [0.717, 1.165) is 10.6 Å². The molecule has 0 atom stereocenters. The summed E-state index contributed by atoms with van der Waals surface area (Å²) in [5.41, 5.74) is 6.39. The van der Waals surface area contributed by atoms with Gasteiger partial charge in [0.25, 0.3) is 0 Å². The molecule has 78 valence electrons. The highest BCUT2D eigenvalue weighted by atomic mass is 32.2. The fraction of sp³-hybridized carbons (Fsp3) is 0.444. The minimum absolute atomic E-state index is 0.0715. The lowest BCUT2D eigenvalue weighted by Gasteiger charge is -2.04. The third kappa shape index (κ3) is 3.95. The van der Waals surface area contributed by atoms with E-state index in [1.165, 1.54) is 0 Å². The van der Waals surface area contributed by atoms with Gasteiger partial charge >= 0.3 is 0 Å². The molecule has 0 spiro atoms. The molecule has 1 aromatic heterocycles.